The number of ether oxygens (including phenoxy) is 3. The second-order valence-corrected chi connectivity index (χ2v) is 7.18. The number of rotatable bonds is 7. The molecule has 0 bridgehead atoms. The second-order valence-electron chi connectivity index (χ2n) is 6.27. The Hall–Kier alpha value is -2.80. The Labute approximate surface area is 177 Å². The predicted molar refractivity (Wildman–Crippen MR) is 114 cm³/mol. The van der Waals surface area contributed by atoms with E-state index in [0.717, 1.165) is 21.4 Å². The minimum Gasteiger partial charge on any atom is -0.482 e. The number of carbonyl (C=O) groups excluding carboxylic acids is 2. The van der Waals surface area contributed by atoms with Crippen LogP contribution in [0.1, 0.15) is 29.9 Å². The van der Waals surface area contributed by atoms with E-state index in [1.807, 2.05) is 41.8 Å². The van der Waals surface area contributed by atoms with E-state index in [2.05, 4.69) is 15.9 Å². The molecule has 3 rings (SSSR count). The summed E-state index contributed by atoms with van der Waals surface area (Å²) in [6.45, 7) is 5.78. The Morgan fingerprint density at radius 1 is 1.00 bits per heavy atom. The molecule has 0 N–H and O–H groups in total. The molecule has 0 saturated carbocycles. The molecule has 7 heteroatoms. The number of hydrogen-bond donors (Lipinski definition) is 0. The summed E-state index contributed by atoms with van der Waals surface area (Å²) >= 11 is 3.45. The summed E-state index contributed by atoms with van der Waals surface area (Å²) in [5.74, 6) is -0.362. The molecule has 0 amide bonds. The van der Waals surface area contributed by atoms with Crippen LogP contribution in [-0.2, 0) is 14.3 Å². The van der Waals surface area contributed by atoms with Crippen molar-refractivity contribution in [3.8, 4) is 11.4 Å². The van der Waals surface area contributed by atoms with Crippen LogP contribution < -0.4 is 4.74 Å². The molecule has 0 fully saturated rings. The van der Waals surface area contributed by atoms with Gasteiger partial charge >= 0.3 is 11.9 Å². The molecule has 152 valence electrons. The molecular formula is C22H22BrNO5. The number of fused-ring (bicyclic) bond motifs is 1. The molecule has 3 aromatic rings. The summed E-state index contributed by atoms with van der Waals surface area (Å²) in [7, 11) is 0. The van der Waals surface area contributed by atoms with Gasteiger partial charge in [0.05, 0.1) is 24.3 Å². The monoisotopic (exact) mass is 459 g/mol. The zero-order valence-corrected chi connectivity index (χ0v) is 18.1. The number of esters is 2. The van der Waals surface area contributed by atoms with Gasteiger partial charge in [0.25, 0.3) is 0 Å². The maximum absolute atomic E-state index is 12.7. The average Bonchev–Trinajstić information content (AvgIpc) is 2.98. The van der Waals surface area contributed by atoms with Crippen LogP contribution in [0.2, 0.25) is 0 Å². The molecule has 0 radical (unpaired) electrons. The van der Waals surface area contributed by atoms with E-state index in [1.54, 1.807) is 26.0 Å². The lowest BCUT2D eigenvalue weighted by Crippen LogP contribution is -2.14. The van der Waals surface area contributed by atoms with Gasteiger partial charge in [-0.3, -0.25) is 0 Å². The maximum atomic E-state index is 12.7. The lowest BCUT2D eigenvalue weighted by molar-refractivity contribution is -0.145. The van der Waals surface area contributed by atoms with Crippen LogP contribution in [0.5, 0.6) is 5.75 Å². The van der Waals surface area contributed by atoms with Crippen LogP contribution in [0.4, 0.5) is 0 Å². The van der Waals surface area contributed by atoms with Crippen LogP contribution in [-0.4, -0.2) is 36.3 Å². The molecule has 0 unspecified atom stereocenters. The van der Waals surface area contributed by atoms with Gasteiger partial charge in [-0.05, 0) is 63.2 Å². The molecule has 1 aromatic heterocycles. The predicted octanol–water partition coefficient (Wildman–Crippen LogP) is 4.82. The Morgan fingerprint density at radius 2 is 1.69 bits per heavy atom. The lowest BCUT2D eigenvalue weighted by Gasteiger charge is -2.09. The molecular weight excluding hydrogens is 438 g/mol. The molecule has 0 atom stereocenters. The molecule has 0 aliphatic carbocycles. The van der Waals surface area contributed by atoms with Crippen LogP contribution in [0.3, 0.4) is 0 Å². The zero-order valence-electron chi connectivity index (χ0n) is 16.5. The fraction of sp³-hybridized carbons (Fsp3) is 0.273. The minimum atomic E-state index is -0.443. The fourth-order valence-electron chi connectivity index (χ4n) is 3.22. The minimum absolute atomic E-state index is 0.194. The van der Waals surface area contributed by atoms with E-state index in [-0.39, 0.29) is 13.2 Å². The quantitative estimate of drug-likeness (QED) is 0.473. The number of aromatic nitrogens is 1. The van der Waals surface area contributed by atoms with Gasteiger partial charge in [-0.25, -0.2) is 9.59 Å². The molecule has 0 saturated heterocycles. The topological polar surface area (TPSA) is 66.8 Å². The van der Waals surface area contributed by atoms with Crippen LogP contribution >= 0.6 is 15.9 Å². The van der Waals surface area contributed by atoms with E-state index in [9.17, 15) is 9.59 Å². The smallest absolute Gasteiger partial charge is 0.344 e. The first-order chi connectivity index (χ1) is 14.0. The summed E-state index contributed by atoms with van der Waals surface area (Å²) in [6.07, 6.45) is 0. The van der Waals surface area contributed by atoms with E-state index < -0.39 is 11.9 Å². The maximum Gasteiger partial charge on any atom is 0.344 e. The van der Waals surface area contributed by atoms with Crippen molar-refractivity contribution in [3.05, 3.63) is 58.2 Å². The Kier molecular flexibility index (Phi) is 6.59. The third-order valence-electron chi connectivity index (χ3n) is 4.40. The van der Waals surface area contributed by atoms with E-state index in [0.29, 0.717) is 23.3 Å². The molecule has 0 aliphatic rings. The zero-order chi connectivity index (χ0) is 21.0. The van der Waals surface area contributed by atoms with Crippen molar-refractivity contribution in [1.29, 1.82) is 0 Å². The largest absolute Gasteiger partial charge is 0.482 e. The van der Waals surface area contributed by atoms with Crippen molar-refractivity contribution in [3.63, 3.8) is 0 Å². The molecule has 29 heavy (non-hydrogen) atoms. The number of halogens is 1. The highest BCUT2D eigenvalue weighted by Gasteiger charge is 2.22. The van der Waals surface area contributed by atoms with Crippen molar-refractivity contribution in [1.82, 2.24) is 4.57 Å². The Morgan fingerprint density at radius 3 is 2.34 bits per heavy atom. The molecule has 1 heterocycles. The van der Waals surface area contributed by atoms with Crippen LogP contribution in [0.15, 0.2) is 46.9 Å². The van der Waals surface area contributed by atoms with Gasteiger partial charge in [-0.15, -0.1) is 0 Å². The van der Waals surface area contributed by atoms with Crippen molar-refractivity contribution >= 4 is 38.8 Å². The number of benzene rings is 2. The van der Waals surface area contributed by atoms with Crippen molar-refractivity contribution in [2.75, 3.05) is 19.8 Å². The Balaban J connectivity index is 2.10. The van der Waals surface area contributed by atoms with Crippen LogP contribution in [0.25, 0.3) is 16.6 Å². The number of hydrogen-bond acceptors (Lipinski definition) is 5. The first kappa shape index (κ1) is 20.9. The number of carbonyl (C=O) groups is 2. The molecule has 2 aromatic carbocycles. The van der Waals surface area contributed by atoms with Crippen molar-refractivity contribution in [2.45, 2.75) is 20.8 Å². The van der Waals surface area contributed by atoms with Gasteiger partial charge in [0.2, 0.25) is 0 Å². The second kappa shape index (κ2) is 9.13. The lowest BCUT2D eigenvalue weighted by atomic mass is 10.1. The van der Waals surface area contributed by atoms with Gasteiger partial charge in [0.15, 0.2) is 6.61 Å². The molecule has 0 spiro atoms. The first-order valence-electron chi connectivity index (χ1n) is 9.32. The summed E-state index contributed by atoms with van der Waals surface area (Å²) in [5, 5.41) is 0.699. The normalized spacial score (nSPS) is 10.8. The SMILES string of the molecule is CCOC(=O)COc1ccc2c(c1)c(C(=O)OCC)c(C)n2-c1ccc(Br)cc1. The Bertz CT molecular complexity index is 1040. The average molecular weight is 460 g/mol. The number of nitrogens with zero attached hydrogens (tertiary/aromatic N) is 1. The van der Waals surface area contributed by atoms with E-state index in [1.165, 1.54) is 0 Å². The third kappa shape index (κ3) is 4.45. The first-order valence-corrected chi connectivity index (χ1v) is 10.1. The molecule has 0 aliphatic heterocycles. The van der Waals surface area contributed by atoms with Gasteiger partial charge < -0.3 is 18.8 Å². The van der Waals surface area contributed by atoms with E-state index >= 15 is 0 Å². The van der Waals surface area contributed by atoms with Crippen molar-refractivity contribution < 1.29 is 23.8 Å². The van der Waals surface area contributed by atoms with Gasteiger partial charge in [0.1, 0.15) is 5.75 Å². The molecule has 6 nitrogen and oxygen atoms in total. The van der Waals surface area contributed by atoms with Crippen LogP contribution in [0, 0.1) is 6.92 Å². The van der Waals surface area contributed by atoms with Crippen molar-refractivity contribution in [2.24, 2.45) is 0 Å². The van der Waals surface area contributed by atoms with Gasteiger partial charge in [-0.2, -0.15) is 0 Å². The van der Waals surface area contributed by atoms with E-state index in [4.69, 9.17) is 14.2 Å². The highest BCUT2D eigenvalue weighted by atomic mass is 79.9. The third-order valence-corrected chi connectivity index (χ3v) is 4.93. The standard InChI is InChI=1S/C22H22BrNO5/c1-4-27-20(25)13-29-17-10-11-19-18(12-17)21(22(26)28-5-2)14(3)24(19)16-8-6-15(23)7-9-16/h6-12H,4-5,13H2,1-3H3. The van der Waals surface area contributed by atoms with Gasteiger partial charge in [0, 0.05) is 21.2 Å². The summed E-state index contributed by atoms with van der Waals surface area (Å²) in [4.78, 5) is 24.3. The highest BCUT2D eigenvalue weighted by Crippen LogP contribution is 2.33. The fourth-order valence-corrected chi connectivity index (χ4v) is 3.48. The summed E-state index contributed by atoms with van der Waals surface area (Å²) in [5.41, 5.74) is 3.01. The highest BCUT2D eigenvalue weighted by molar-refractivity contribution is 9.10. The summed E-state index contributed by atoms with van der Waals surface area (Å²) < 4.78 is 18.7. The van der Waals surface area contributed by atoms with Gasteiger partial charge in [-0.1, -0.05) is 15.9 Å². The summed E-state index contributed by atoms with van der Waals surface area (Å²) in [6, 6.07) is 13.2.